The maximum absolute atomic E-state index is 12.7. The zero-order chi connectivity index (χ0) is 20.1. The van der Waals surface area contributed by atoms with Crippen LogP contribution in [0.5, 0.6) is 17.2 Å². The highest BCUT2D eigenvalue weighted by Gasteiger charge is 2.26. The molecule has 1 saturated heterocycles. The Kier molecular flexibility index (Phi) is 6.43. The minimum atomic E-state index is -3.50. The fourth-order valence-corrected chi connectivity index (χ4v) is 4.39. The number of hydrogen-bond acceptors (Lipinski definition) is 6. The van der Waals surface area contributed by atoms with Crippen molar-refractivity contribution in [3.63, 3.8) is 0 Å². The van der Waals surface area contributed by atoms with Gasteiger partial charge in [-0.2, -0.15) is 4.31 Å². The first-order chi connectivity index (χ1) is 13.5. The molecule has 0 amide bonds. The molecule has 28 heavy (non-hydrogen) atoms. The van der Waals surface area contributed by atoms with E-state index in [0.717, 1.165) is 11.1 Å². The maximum atomic E-state index is 12.7. The first kappa shape index (κ1) is 20.4. The van der Waals surface area contributed by atoms with Crippen molar-refractivity contribution in [2.45, 2.75) is 18.4 Å². The fourth-order valence-electron chi connectivity index (χ4n) is 2.98. The molecule has 0 atom stereocenters. The van der Waals surface area contributed by atoms with E-state index in [4.69, 9.17) is 18.9 Å². The third-order valence-electron chi connectivity index (χ3n) is 4.67. The molecule has 1 heterocycles. The summed E-state index contributed by atoms with van der Waals surface area (Å²) in [4.78, 5) is 0.254. The van der Waals surface area contributed by atoms with Crippen molar-refractivity contribution >= 4 is 10.0 Å². The molecule has 0 N–H and O–H groups in total. The minimum Gasteiger partial charge on any atom is -0.493 e. The second-order valence-corrected chi connectivity index (χ2v) is 8.35. The van der Waals surface area contributed by atoms with E-state index < -0.39 is 10.0 Å². The lowest BCUT2D eigenvalue weighted by atomic mass is 10.1. The monoisotopic (exact) mass is 407 g/mol. The second-order valence-electron chi connectivity index (χ2n) is 6.41. The summed E-state index contributed by atoms with van der Waals surface area (Å²) in [6.45, 7) is 3.90. The number of sulfonamides is 1. The van der Waals surface area contributed by atoms with Crippen LogP contribution in [0.15, 0.2) is 41.3 Å². The van der Waals surface area contributed by atoms with Gasteiger partial charge in [0.15, 0.2) is 11.5 Å². The molecule has 0 spiro atoms. The van der Waals surface area contributed by atoms with Crippen molar-refractivity contribution < 1.29 is 27.4 Å². The SMILES string of the molecule is COc1cc(C)c(COc2ccc(S(=O)(=O)N3CCOCC3)cc2)cc1OC. The summed E-state index contributed by atoms with van der Waals surface area (Å²) in [6.07, 6.45) is 0. The van der Waals surface area contributed by atoms with Gasteiger partial charge in [0.1, 0.15) is 12.4 Å². The van der Waals surface area contributed by atoms with E-state index in [0.29, 0.717) is 50.2 Å². The van der Waals surface area contributed by atoms with Crippen molar-refractivity contribution in [3.8, 4) is 17.2 Å². The van der Waals surface area contributed by atoms with Gasteiger partial charge in [-0.05, 0) is 54.4 Å². The van der Waals surface area contributed by atoms with Crippen LogP contribution in [0, 0.1) is 6.92 Å². The molecular weight excluding hydrogens is 382 g/mol. The molecule has 1 fully saturated rings. The normalized spacial score (nSPS) is 15.2. The van der Waals surface area contributed by atoms with Crippen molar-refractivity contribution in [3.05, 3.63) is 47.5 Å². The smallest absolute Gasteiger partial charge is 0.243 e. The Bertz CT molecular complexity index is 905. The van der Waals surface area contributed by atoms with Crippen molar-refractivity contribution in [2.24, 2.45) is 0 Å². The van der Waals surface area contributed by atoms with Crippen molar-refractivity contribution in [1.82, 2.24) is 4.31 Å². The van der Waals surface area contributed by atoms with Crippen LogP contribution >= 0.6 is 0 Å². The van der Waals surface area contributed by atoms with Crippen molar-refractivity contribution in [2.75, 3.05) is 40.5 Å². The fraction of sp³-hybridized carbons (Fsp3) is 0.400. The summed E-state index contributed by atoms with van der Waals surface area (Å²) in [5.41, 5.74) is 1.98. The summed E-state index contributed by atoms with van der Waals surface area (Å²) in [5, 5.41) is 0. The first-order valence-electron chi connectivity index (χ1n) is 8.98. The van der Waals surface area contributed by atoms with E-state index >= 15 is 0 Å². The van der Waals surface area contributed by atoms with Gasteiger partial charge in [-0.3, -0.25) is 0 Å². The lowest BCUT2D eigenvalue weighted by Gasteiger charge is -2.26. The van der Waals surface area contributed by atoms with Gasteiger partial charge in [-0.25, -0.2) is 8.42 Å². The third-order valence-corrected chi connectivity index (χ3v) is 6.58. The molecule has 3 rings (SSSR count). The number of nitrogens with zero attached hydrogens (tertiary/aromatic N) is 1. The lowest BCUT2D eigenvalue weighted by Crippen LogP contribution is -2.40. The van der Waals surface area contributed by atoms with Gasteiger partial charge in [-0.1, -0.05) is 0 Å². The number of hydrogen-bond donors (Lipinski definition) is 0. The van der Waals surface area contributed by atoms with Gasteiger partial charge in [0.25, 0.3) is 0 Å². The predicted octanol–water partition coefficient (Wildman–Crippen LogP) is 2.61. The van der Waals surface area contributed by atoms with E-state index in [1.54, 1.807) is 38.5 Å². The van der Waals surface area contributed by atoms with Gasteiger partial charge in [0, 0.05) is 13.1 Å². The summed E-state index contributed by atoms with van der Waals surface area (Å²) in [7, 11) is -0.316. The highest BCUT2D eigenvalue weighted by molar-refractivity contribution is 7.89. The molecule has 0 saturated carbocycles. The molecule has 2 aromatic rings. The standard InChI is InChI=1S/C20H25NO6S/c1-15-12-19(24-2)20(25-3)13-16(15)14-27-17-4-6-18(7-5-17)28(22,23)21-8-10-26-11-9-21/h4-7,12-13H,8-11,14H2,1-3H3. The second kappa shape index (κ2) is 8.81. The molecule has 0 aliphatic carbocycles. The van der Waals surface area contributed by atoms with E-state index in [2.05, 4.69) is 0 Å². The van der Waals surface area contributed by atoms with Gasteiger partial charge < -0.3 is 18.9 Å². The highest BCUT2D eigenvalue weighted by atomic mass is 32.2. The number of benzene rings is 2. The Hall–Kier alpha value is -2.29. The minimum absolute atomic E-state index is 0.254. The number of methoxy groups -OCH3 is 2. The summed E-state index contributed by atoms with van der Waals surface area (Å²) < 4.78 is 48.4. The van der Waals surface area contributed by atoms with Gasteiger partial charge >= 0.3 is 0 Å². The van der Waals surface area contributed by atoms with Gasteiger partial charge in [0.2, 0.25) is 10.0 Å². The molecule has 152 valence electrons. The largest absolute Gasteiger partial charge is 0.493 e. The Balaban J connectivity index is 1.70. The number of rotatable bonds is 7. The molecule has 8 heteroatoms. The van der Waals surface area contributed by atoms with Gasteiger partial charge in [-0.15, -0.1) is 0 Å². The Morgan fingerprint density at radius 2 is 1.61 bits per heavy atom. The maximum Gasteiger partial charge on any atom is 0.243 e. The summed E-state index contributed by atoms with van der Waals surface area (Å²) in [6, 6.07) is 10.3. The topological polar surface area (TPSA) is 74.3 Å². The molecule has 1 aliphatic rings. The van der Waals surface area contributed by atoms with Crippen LogP contribution in [-0.2, 0) is 21.4 Å². The molecular formula is C20H25NO6S. The molecule has 0 unspecified atom stereocenters. The zero-order valence-corrected chi connectivity index (χ0v) is 17.1. The third kappa shape index (κ3) is 4.40. The number of morpholine rings is 1. The molecule has 0 radical (unpaired) electrons. The Labute approximate surface area is 165 Å². The van der Waals surface area contributed by atoms with Crippen LogP contribution in [0.4, 0.5) is 0 Å². The van der Waals surface area contributed by atoms with Crippen molar-refractivity contribution in [1.29, 1.82) is 0 Å². The molecule has 7 nitrogen and oxygen atoms in total. The van der Waals surface area contributed by atoms with E-state index in [-0.39, 0.29) is 4.90 Å². The summed E-state index contributed by atoms with van der Waals surface area (Å²) in [5.74, 6) is 1.90. The molecule has 1 aliphatic heterocycles. The van der Waals surface area contributed by atoms with Crippen LogP contribution in [-0.4, -0.2) is 53.2 Å². The van der Waals surface area contributed by atoms with Crippen LogP contribution in [0.1, 0.15) is 11.1 Å². The summed E-state index contributed by atoms with van der Waals surface area (Å²) >= 11 is 0. The van der Waals surface area contributed by atoms with Gasteiger partial charge in [0.05, 0.1) is 32.3 Å². The zero-order valence-electron chi connectivity index (χ0n) is 16.3. The van der Waals surface area contributed by atoms with Crippen LogP contribution in [0.25, 0.3) is 0 Å². The van der Waals surface area contributed by atoms with Crippen LogP contribution in [0.3, 0.4) is 0 Å². The quantitative estimate of drug-likeness (QED) is 0.702. The molecule has 2 aromatic carbocycles. The molecule has 0 aromatic heterocycles. The number of ether oxygens (including phenoxy) is 4. The number of aryl methyl sites for hydroxylation is 1. The van der Waals surface area contributed by atoms with E-state index in [1.165, 1.54) is 4.31 Å². The first-order valence-corrected chi connectivity index (χ1v) is 10.4. The Morgan fingerprint density at radius 3 is 2.21 bits per heavy atom. The van der Waals surface area contributed by atoms with E-state index in [1.807, 2.05) is 19.1 Å². The lowest BCUT2D eigenvalue weighted by molar-refractivity contribution is 0.0730. The average Bonchev–Trinajstić information content (AvgIpc) is 2.73. The average molecular weight is 407 g/mol. The molecule has 0 bridgehead atoms. The predicted molar refractivity (Wildman–Crippen MR) is 105 cm³/mol. The highest BCUT2D eigenvalue weighted by Crippen LogP contribution is 2.31. The van der Waals surface area contributed by atoms with Crippen LogP contribution < -0.4 is 14.2 Å². The Morgan fingerprint density at radius 1 is 1.00 bits per heavy atom. The van der Waals surface area contributed by atoms with E-state index in [9.17, 15) is 8.42 Å². The van der Waals surface area contributed by atoms with Crippen LogP contribution in [0.2, 0.25) is 0 Å².